The quantitative estimate of drug-likeness (QED) is 0.139. The average Bonchev–Trinajstić information content (AvgIpc) is 2.73. The highest BCUT2D eigenvalue weighted by Crippen LogP contribution is 2.24. The van der Waals surface area contributed by atoms with Gasteiger partial charge in [-0.2, -0.15) is 0 Å². The summed E-state index contributed by atoms with van der Waals surface area (Å²) < 4.78 is 0. The van der Waals surface area contributed by atoms with Crippen molar-refractivity contribution in [3.05, 3.63) is 0 Å². The van der Waals surface area contributed by atoms with Crippen LogP contribution < -0.4 is 0 Å². The second-order valence-electron chi connectivity index (χ2n) is 10.6. The van der Waals surface area contributed by atoms with Gasteiger partial charge in [0.05, 0.1) is 0 Å². The zero-order valence-electron chi connectivity index (χ0n) is 22.2. The van der Waals surface area contributed by atoms with Crippen molar-refractivity contribution in [2.45, 2.75) is 175 Å². The van der Waals surface area contributed by atoms with Gasteiger partial charge in [-0.1, -0.05) is 136 Å². The number of rotatable bonds is 24. The molecule has 0 amide bonds. The molecule has 182 valence electrons. The van der Waals surface area contributed by atoms with Crippen LogP contribution in [-0.2, 0) is 0 Å². The lowest BCUT2D eigenvalue weighted by Gasteiger charge is -2.39. The van der Waals surface area contributed by atoms with E-state index in [-0.39, 0.29) is 0 Å². The molecule has 0 bridgehead atoms. The van der Waals surface area contributed by atoms with Gasteiger partial charge < -0.3 is 0 Å². The normalized spacial score (nSPS) is 12.2. The topological polar surface area (TPSA) is 3.24 Å². The lowest BCUT2D eigenvalue weighted by Crippen LogP contribution is -2.45. The largest absolute Gasteiger partial charge is 0.298 e. The Balaban J connectivity index is 4.01. The minimum Gasteiger partial charge on any atom is -0.298 e. The highest BCUT2D eigenvalue weighted by atomic mass is 15.2. The molecule has 0 spiro atoms. The third kappa shape index (κ3) is 18.7. The van der Waals surface area contributed by atoms with Crippen LogP contribution in [0.4, 0.5) is 0 Å². The van der Waals surface area contributed by atoms with Gasteiger partial charge in [-0.25, -0.2) is 0 Å². The SMILES string of the molecule is CCCCCCCCCCCN(CCCCCCCCCCC)C(C)(C)CCCC. The first-order valence-electron chi connectivity index (χ1n) is 14.3. The zero-order valence-corrected chi connectivity index (χ0v) is 22.2. The molecule has 0 aromatic rings. The first kappa shape index (κ1) is 30.0. The van der Waals surface area contributed by atoms with Gasteiger partial charge in [0.1, 0.15) is 0 Å². The molecule has 0 aromatic carbocycles. The van der Waals surface area contributed by atoms with Crippen LogP contribution in [0.2, 0.25) is 0 Å². The Morgan fingerprint density at radius 3 is 1.03 bits per heavy atom. The van der Waals surface area contributed by atoms with Gasteiger partial charge in [0, 0.05) is 5.54 Å². The molecule has 0 heterocycles. The smallest absolute Gasteiger partial charge is 0.0153 e. The molecule has 0 aliphatic heterocycles. The van der Waals surface area contributed by atoms with E-state index in [0.29, 0.717) is 5.54 Å². The summed E-state index contributed by atoms with van der Waals surface area (Å²) in [4.78, 5) is 2.85. The molecule has 0 fully saturated rings. The summed E-state index contributed by atoms with van der Waals surface area (Å²) in [6, 6.07) is 0. The lowest BCUT2D eigenvalue weighted by molar-refractivity contribution is 0.103. The predicted octanol–water partition coefficient (Wildman–Crippen LogP) is 10.3. The van der Waals surface area contributed by atoms with Gasteiger partial charge in [-0.15, -0.1) is 0 Å². The second kappa shape index (κ2) is 22.2. The highest BCUT2D eigenvalue weighted by Gasteiger charge is 2.25. The number of hydrogen-bond acceptors (Lipinski definition) is 1. The molecule has 0 saturated heterocycles. The van der Waals surface area contributed by atoms with Crippen molar-refractivity contribution in [1.82, 2.24) is 4.90 Å². The monoisotopic (exact) mass is 423 g/mol. The fraction of sp³-hybridized carbons (Fsp3) is 1.00. The van der Waals surface area contributed by atoms with Crippen molar-refractivity contribution in [2.75, 3.05) is 13.1 Å². The molecular weight excluding hydrogens is 362 g/mol. The van der Waals surface area contributed by atoms with Crippen molar-refractivity contribution in [1.29, 1.82) is 0 Å². The molecule has 0 aliphatic carbocycles. The molecule has 0 rings (SSSR count). The van der Waals surface area contributed by atoms with Crippen LogP contribution in [0.15, 0.2) is 0 Å². The average molecular weight is 424 g/mol. The highest BCUT2D eigenvalue weighted by molar-refractivity contribution is 4.81. The maximum Gasteiger partial charge on any atom is 0.0153 e. The molecule has 0 radical (unpaired) electrons. The molecule has 0 unspecified atom stereocenters. The van der Waals surface area contributed by atoms with Crippen LogP contribution in [0.1, 0.15) is 169 Å². The Labute approximate surface area is 193 Å². The van der Waals surface area contributed by atoms with Gasteiger partial charge in [-0.3, -0.25) is 4.90 Å². The van der Waals surface area contributed by atoms with Gasteiger partial charge in [0.25, 0.3) is 0 Å². The predicted molar refractivity (Wildman–Crippen MR) is 140 cm³/mol. The zero-order chi connectivity index (χ0) is 22.3. The molecule has 0 aliphatic rings. The van der Waals surface area contributed by atoms with E-state index in [9.17, 15) is 0 Å². The Bertz CT molecular complexity index is 300. The van der Waals surface area contributed by atoms with Crippen LogP contribution >= 0.6 is 0 Å². The van der Waals surface area contributed by atoms with Gasteiger partial charge >= 0.3 is 0 Å². The molecule has 0 aromatic heterocycles. The van der Waals surface area contributed by atoms with Crippen LogP contribution in [0.5, 0.6) is 0 Å². The van der Waals surface area contributed by atoms with Crippen LogP contribution in [0.25, 0.3) is 0 Å². The lowest BCUT2D eigenvalue weighted by atomic mass is 9.94. The van der Waals surface area contributed by atoms with Gasteiger partial charge in [0.2, 0.25) is 0 Å². The van der Waals surface area contributed by atoms with Gasteiger partial charge in [0.15, 0.2) is 0 Å². The first-order valence-corrected chi connectivity index (χ1v) is 14.3. The molecule has 30 heavy (non-hydrogen) atoms. The van der Waals surface area contributed by atoms with Crippen LogP contribution in [0.3, 0.4) is 0 Å². The summed E-state index contributed by atoms with van der Waals surface area (Å²) in [5, 5.41) is 0. The Kier molecular flexibility index (Phi) is 22.1. The maximum atomic E-state index is 2.85. The summed E-state index contributed by atoms with van der Waals surface area (Å²) in [5.41, 5.74) is 0.385. The summed E-state index contributed by atoms with van der Waals surface area (Å²) >= 11 is 0. The summed E-state index contributed by atoms with van der Waals surface area (Å²) in [5.74, 6) is 0. The molecular formula is C29H61N. The molecule has 0 atom stereocenters. The van der Waals surface area contributed by atoms with Gasteiger partial charge in [-0.05, 0) is 46.2 Å². The van der Waals surface area contributed by atoms with E-state index >= 15 is 0 Å². The van der Waals surface area contributed by atoms with Crippen LogP contribution in [-0.4, -0.2) is 23.5 Å². The van der Waals surface area contributed by atoms with E-state index in [1.807, 2.05) is 0 Å². The fourth-order valence-corrected chi connectivity index (χ4v) is 4.71. The maximum absolute atomic E-state index is 2.85. The minimum atomic E-state index is 0.385. The molecule has 0 N–H and O–H groups in total. The molecule has 1 nitrogen and oxygen atoms in total. The Morgan fingerprint density at radius 1 is 0.400 bits per heavy atom. The number of unbranched alkanes of at least 4 members (excludes halogenated alkanes) is 17. The number of hydrogen-bond donors (Lipinski definition) is 0. The van der Waals surface area contributed by atoms with Crippen molar-refractivity contribution in [3.8, 4) is 0 Å². The first-order chi connectivity index (χ1) is 14.6. The van der Waals surface area contributed by atoms with E-state index in [1.54, 1.807) is 0 Å². The van der Waals surface area contributed by atoms with E-state index in [1.165, 1.54) is 148 Å². The standard InChI is InChI=1S/C29H61N/c1-6-9-12-14-16-18-20-22-24-27-30(29(4,5)26-11-8-3)28-25-23-21-19-17-15-13-10-7-2/h6-28H2,1-5H3. The van der Waals surface area contributed by atoms with Crippen LogP contribution in [0, 0.1) is 0 Å². The van der Waals surface area contributed by atoms with Crippen molar-refractivity contribution >= 4 is 0 Å². The Hall–Kier alpha value is -0.0400. The number of nitrogens with zero attached hydrogens (tertiary/aromatic N) is 1. The Morgan fingerprint density at radius 2 is 0.700 bits per heavy atom. The van der Waals surface area contributed by atoms with Crippen molar-refractivity contribution in [2.24, 2.45) is 0 Å². The van der Waals surface area contributed by atoms with E-state index in [4.69, 9.17) is 0 Å². The summed E-state index contributed by atoms with van der Waals surface area (Å²) in [6.07, 6.45) is 29.9. The van der Waals surface area contributed by atoms with Crippen molar-refractivity contribution in [3.63, 3.8) is 0 Å². The third-order valence-electron chi connectivity index (χ3n) is 7.06. The second-order valence-corrected chi connectivity index (χ2v) is 10.6. The van der Waals surface area contributed by atoms with Crippen molar-refractivity contribution < 1.29 is 0 Å². The summed E-state index contributed by atoms with van der Waals surface area (Å²) in [6.45, 7) is 14.6. The van der Waals surface area contributed by atoms with E-state index in [2.05, 4.69) is 39.5 Å². The minimum absolute atomic E-state index is 0.385. The summed E-state index contributed by atoms with van der Waals surface area (Å²) in [7, 11) is 0. The third-order valence-corrected chi connectivity index (χ3v) is 7.06. The van der Waals surface area contributed by atoms with E-state index < -0.39 is 0 Å². The fourth-order valence-electron chi connectivity index (χ4n) is 4.71. The molecule has 1 heteroatoms. The van der Waals surface area contributed by atoms with E-state index in [0.717, 1.165) is 0 Å². The molecule has 0 saturated carbocycles.